The van der Waals surface area contributed by atoms with E-state index in [1.807, 2.05) is 4.90 Å². The van der Waals surface area contributed by atoms with Gasteiger partial charge in [-0.1, -0.05) is 19.3 Å². The van der Waals surface area contributed by atoms with E-state index in [2.05, 4.69) is 15.6 Å². The van der Waals surface area contributed by atoms with Crippen LogP contribution in [0.25, 0.3) is 0 Å². The van der Waals surface area contributed by atoms with Crippen LogP contribution in [0, 0.1) is 5.92 Å². The van der Waals surface area contributed by atoms with E-state index in [0.717, 1.165) is 57.6 Å². The first-order chi connectivity index (χ1) is 14.2. The van der Waals surface area contributed by atoms with Gasteiger partial charge >= 0.3 is 5.97 Å². The van der Waals surface area contributed by atoms with Crippen molar-refractivity contribution < 1.29 is 14.3 Å². The summed E-state index contributed by atoms with van der Waals surface area (Å²) in [4.78, 5) is 30.9. The molecule has 3 fully saturated rings. The summed E-state index contributed by atoms with van der Waals surface area (Å²) in [6.45, 7) is 2.26. The van der Waals surface area contributed by atoms with Crippen LogP contribution in [0.2, 0.25) is 0 Å². The van der Waals surface area contributed by atoms with E-state index in [-0.39, 0.29) is 24.0 Å². The quantitative estimate of drug-likeness (QED) is 0.294. The largest absolute Gasteiger partial charge is 0.462 e. The van der Waals surface area contributed by atoms with Crippen LogP contribution >= 0.6 is 0 Å². The van der Waals surface area contributed by atoms with Crippen molar-refractivity contribution in [3.8, 4) is 0 Å². The third-order valence-electron chi connectivity index (χ3n) is 6.47. The Kier molecular flexibility index (Phi) is 8.62. The number of rotatable bonds is 7. The summed E-state index contributed by atoms with van der Waals surface area (Å²) >= 11 is 0. The lowest BCUT2D eigenvalue weighted by Gasteiger charge is -2.26. The number of nitrogens with zero attached hydrogens (tertiary/aromatic N) is 2. The molecule has 1 saturated heterocycles. The maximum absolute atomic E-state index is 12.7. The van der Waals surface area contributed by atoms with Crippen molar-refractivity contribution in [3.05, 3.63) is 0 Å². The number of likely N-dealkylation sites (tertiary alicyclic amines) is 1. The predicted octanol–water partition coefficient (Wildman–Crippen LogP) is 2.60. The fourth-order valence-electron chi connectivity index (χ4n) is 4.76. The number of hydrogen-bond donors (Lipinski definition) is 2. The number of carbonyl (C=O) groups is 2. The number of carbonyl (C=O) groups excluding carboxylic acids is 2. The second-order valence-electron chi connectivity index (χ2n) is 8.75. The molecule has 2 saturated carbocycles. The van der Waals surface area contributed by atoms with Crippen LogP contribution in [0.5, 0.6) is 0 Å². The SMILES string of the molecule is CN=C(NCCCC(=O)OC1CCCC1)NC1CCN(C(=O)C2CCCCC2)C1. The molecule has 0 spiro atoms. The van der Waals surface area contributed by atoms with Gasteiger partial charge in [0.05, 0.1) is 0 Å². The second kappa shape index (κ2) is 11.4. The van der Waals surface area contributed by atoms with Gasteiger partial charge in [-0.3, -0.25) is 14.6 Å². The molecule has 3 rings (SSSR count). The minimum absolute atomic E-state index is 0.0886. The standard InChI is InChI=1S/C22H38N4O3/c1-23-22(24-14-7-12-20(27)29-19-10-5-6-11-19)25-18-13-15-26(16-18)21(28)17-8-3-2-4-9-17/h17-19H,2-16H2,1H3,(H2,23,24,25). The molecule has 29 heavy (non-hydrogen) atoms. The highest BCUT2D eigenvalue weighted by Crippen LogP contribution is 2.26. The molecule has 0 bridgehead atoms. The molecule has 2 aliphatic carbocycles. The van der Waals surface area contributed by atoms with Crippen molar-refractivity contribution in [2.75, 3.05) is 26.7 Å². The Bertz CT molecular complexity index is 568. The lowest BCUT2D eigenvalue weighted by molar-refractivity contribution is -0.148. The molecule has 7 nitrogen and oxygen atoms in total. The number of esters is 1. The molecule has 3 aliphatic rings. The first-order valence-corrected chi connectivity index (χ1v) is 11.6. The van der Waals surface area contributed by atoms with Crippen molar-refractivity contribution in [2.24, 2.45) is 10.9 Å². The monoisotopic (exact) mass is 406 g/mol. The topological polar surface area (TPSA) is 83.0 Å². The Morgan fingerprint density at radius 2 is 1.76 bits per heavy atom. The number of hydrogen-bond acceptors (Lipinski definition) is 4. The van der Waals surface area contributed by atoms with Crippen LogP contribution in [0.1, 0.15) is 77.0 Å². The van der Waals surface area contributed by atoms with E-state index in [1.165, 1.54) is 32.1 Å². The summed E-state index contributed by atoms with van der Waals surface area (Å²) in [5.74, 6) is 1.24. The molecule has 1 unspecified atom stereocenters. The number of nitrogens with one attached hydrogen (secondary N) is 2. The fraction of sp³-hybridized carbons (Fsp3) is 0.864. The lowest BCUT2D eigenvalue weighted by atomic mass is 9.88. The lowest BCUT2D eigenvalue weighted by Crippen LogP contribution is -2.45. The minimum Gasteiger partial charge on any atom is -0.462 e. The van der Waals surface area contributed by atoms with E-state index in [1.54, 1.807) is 7.05 Å². The van der Waals surface area contributed by atoms with Crippen molar-refractivity contribution >= 4 is 17.8 Å². The summed E-state index contributed by atoms with van der Waals surface area (Å²) in [5.41, 5.74) is 0. The number of aliphatic imine (C=N–C) groups is 1. The fourth-order valence-corrected chi connectivity index (χ4v) is 4.76. The smallest absolute Gasteiger partial charge is 0.306 e. The van der Waals surface area contributed by atoms with Crippen molar-refractivity contribution in [2.45, 2.75) is 89.2 Å². The summed E-state index contributed by atoms with van der Waals surface area (Å²) in [6.07, 6.45) is 12.4. The van der Waals surface area contributed by atoms with Gasteiger partial charge < -0.3 is 20.3 Å². The number of ether oxygens (including phenoxy) is 1. The van der Waals surface area contributed by atoms with Crippen LogP contribution < -0.4 is 10.6 Å². The average Bonchev–Trinajstić information content (AvgIpc) is 3.42. The molecule has 0 aromatic carbocycles. The Hall–Kier alpha value is -1.79. The Morgan fingerprint density at radius 3 is 2.48 bits per heavy atom. The summed E-state index contributed by atoms with van der Waals surface area (Å²) in [7, 11) is 1.75. The van der Waals surface area contributed by atoms with Gasteiger partial charge in [0.1, 0.15) is 6.10 Å². The maximum Gasteiger partial charge on any atom is 0.306 e. The van der Waals surface area contributed by atoms with E-state index >= 15 is 0 Å². The van der Waals surface area contributed by atoms with Crippen molar-refractivity contribution in [1.29, 1.82) is 0 Å². The number of amides is 1. The maximum atomic E-state index is 12.7. The summed E-state index contributed by atoms with van der Waals surface area (Å²) in [5, 5.41) is 6.71. The van der Waals surface area contributed by atoms with Gasteiger partial charge in [-0.15, -0.1) is 0 Å². The van der Waals surface area contributed by atoms with Crippen molar-refractivity contribution in [3.63, 3.8) is 0 Å². The molecule has 164 valence electrons. The highest BCUT2D eigenvalue weighted by molar-refractivity contribution is 5.81. The molecule has 1 atom stereocenters. The summed E-state index contributed by atoms with van der Waals surface area (Å²) in [6, 6.07) is 0.237. The molecule has 1 heterocycles. The highest BCUT2D eigenvalue weighted by Gasteiger charge is 2.31. The first-order valence-electron chi connectivity index (χ1n) is 11.6. The molecule has 0 radical (unpaired) electrons. The van der Waals surface area contributed by atoms with Crippen LogP contribution in [-0.4, -0.2) is 61.6 Å². The van der Waals surface area contributed by atoms with Gasteiger partial charge in [0, 0.05) is 45.1 Å². The summed E-state index contributed by atoms with van der Waals surface area (Å²) < 4.78 is 5.49. The van der Waals surface area contributed by atoms with Crippen LogP contribution in [-0.2, 0) is 14.3 Å². The molecule has 1 amide bonds. The van der Waals surface area contributed by atoms with Gasteiger partial charge in [0.2, 0.25) is 5.91 Å². The Balaban J connectivity index is 1.30. The zero-order valence-electron chi connectivity index (χ0n) is 18.0. The van der Waals surface area contributed by atoms with Gasteiger partial charge in [-0.2, -0.15) is 0 Å². The van der Waals surface area contributed by atoms with E-state index in [9.17, 15) is 9.59 Å². The molecular weight excluding hydrogens is 368 g/mol. The second-order valence-corrected chi connectivity index (χ2v) is 8.75. The molecule has 1 aliphatic heterocycles. The third kappa shape index (κ3) is 6.89. The Morgan fingerprint density at radius 1 is 1.03 bits per heavy atom. The molecule has 7 heteroatoms. The average molecular weight is 407 g/mol. The zero-order chi connectivity index (χ0) is 20.5. The van der Waals surface area contributed by atoms with E-state index in [0.29, 0.717) is 18.9 Å². The van der Waals surface area contributed by atoms with Gasteiger partial charge in [-0.05, 0) is 51.4 Å². The minimum atomic E-state index is -0.0886. The van der Waals surface area contributed by atoms with Crippen LogP contribution in [0.4, 0.5) is 0 Å². The van der Waals surface area contributed by atoms with Crippen LogP contribution in [0.15, 0.2) is 4.99 Å². The Labute approximate surface area is 175 Å². The van der Waals surface area contributed by atoms with E-state index < -0.39 is 0 Å². The highest BCUT2D eigenvalue weighted by atomic mass is 16.5. The molecule has 2 N–H and O–H groups in total. The van der Waals surface area contributed by atoms with Gasteiger partial charge in [0.25, 0.3) is 0 Å². The molecule has 0 aromatic heterocycles. The third-order valence-corrected chi connectivity index (χ3v) is 6.47. The van der Waals surface area contributed by atoms with Crippen LogP contribution in [0.3, 0.4) is 0 Å². The first kappa shape index (κ1) is 21.9. The van der Waals surface area contributed by atoms with Gasteiger partial charge in [-0.25, -0.2) is 0 Å². The predicted molar refractivity (Wildman–Crippen MR) is 114 cm³/mol. The van der Waals surface area contributed by atoms with Gasteiger partial charge in [0.15, 0.2) is 5.96 Å². The zero-order valence-corrected chi connectivity index (χ0v) is 18.0. The normalized spacial score (nSPS) is 24.0. The molecular formula is C22H38N4O3. The van der Waals surface area contributed by atoms with Crippen molar-refractivity contribution in [1.82, 2.24) is 15.5 Å². The number of guanidine groups is 1. The van der Waals surface area contributed by atoms with E-state index in [4.69, 9.17) is 4.74 Å². The molecule has 0 aromatic rings.